The summed E-state index contributed by atoms with van der Waals surface area (Å²) in [5.74, 6) is 1.60. The van der Waals surface area contributed by atoms with Gasteiger partial charge in [0, 0.05) is 17.2 Å². The van der Waals surface area contributed by atoms with Gasteiger partial charge in [0.1, 0.15) is 5.69 Å². The van der Waals surface area contributed by atoms with Gasteiger partial charge in [-0.15, -0.1) is 0 Å². The van der Waals surface area contributed by atoms with Crippen molar-refractivity contribution in [2.75, 3.05) is 13.1 Å². The highest BCUT2D eigenvalue weighted by atomic mass is 79.9. The van der Waals surface area contributed by atoms with Crippen LogP contribution in [0.25, 0.3) is 11.5 Å². The summed E-state index contributed by atoms with van der Waals surface area (Å²) in [6.07, 6.45) is 3.98. The van der Waals surface area contributed by atoms with Crippen LogP contribution in [0.15, 0.2) is 27.3 Å². The van der Waals surface area contributed by atoms with Gasteiger partial charge in [-0.05, 0) is 47.4 Å². The predicted molar refractivity (Wildman–Crippen MR) is 70.1 cm³/mol. The summed E-state index contributed by atoms with van der Waals surface area (Å²) in [6, 6.07) is 3.79. The molecular weight excluding hydrogens is 296 g/mol. The van der Waals surface area contributed by atoms with Crippen LogP contribution < -0.4 is 5.32 Å². The van der Waals surface area contributed by atoms with Crippen molar-refractivity contribution in [2.45, 2.75) is 18.8 Å². The van der Waals surface area contributed by atoms with Gasteiger partial charge >= 0.3 is 0 Å². The molecule has 2 aromatic heterocycles. The monoisotopic (exact) mass is 308 g/mol. The third-order valence-electron chi connectivity index (χ3n) is 3.04. The van der Waals surface area contributed by atoms with Gasteiger partial charge < -0.3 is 9.84 Å². The van der Waals surface area contributed by atoms with Crippen molar-refractivity contribution >= 4 is 15.9 Å². The molecule has 6 heteroatoms. The molecule has 0 unspecified atom stereocenters. The lowest BCUT2D eigenvalue weighted by Crippen LogP contribution is -2.28. The molecule has 2 aromatic rings. The maximum absolute atomic E-state index is 5.34. The van der Waals surface area contributed by atoms with Gasteiger partial charge in [-0.3, -0.25) is 4.98 Å². The first-order chi connectivity index (χ1) is 8.83. The van der Waals surface area contributed by atoms with Crippen molar-refractivity contribution in [3.05, 3.63) is 28.7 Å². The molecule has 0 amide bonds. The van der Waals surface area contributed by atoms with Gasteiger partial charge in [0.15, 0.2) is 0 Å². The number of piperidine rings is 1. The first-order valence-electron chi connectivity index (χ1n) is 5.99. The second-order valence-electron chi connectivity index (χ2n) is 4.36. The molecule has 1 N–H and O–H groups in total. The van der Waals surface area contributed by atoms with Crippen molar-refractivity contribution in [1.82, 2.24) is 20.4 Å². The van der Waals surface area contributed by atoms with Gasteiger partial charge in [-0.25, -0.2) is 0 Å². The van der Waals surface area contributed by atoms with E-state index in [4.69, 9.17) is 4.52 Å². The number of aromatic nitrogens is 3. The Kier molecular flexibility index (Phi) is 3.38. The van der Waals surface area contributed by atoms with Crippen LogP contribution in [0.1, 0.15) is 24.7 Å². The van der Waals surface area contributed by atoms with Crippen LogP contribution in [0, 0.1) is 0 Å². The predicted octanol–water partition coefficient (Wildman–Crippen LogP) is 2.36. The van der Waals surface area contributed by atoms with E-state index < -0.39 is 0 Å². The van der Waals surface area contributed by atoms with Gasteiger partial charge in [-0.2, -0.15) is 4.98 Å². The number of nitrogens with one attached hydrogen (secondary N) is 1. The average Bonchev–Trinajstić information content (AvgIpc) is 2.90. The summed E-state index contributed by atoms with van der Waals surface area (Å²) in [5.41, 5.74) is 0.733. The summed E-state index contributed by atoms with van der Waals surface area (Å²) in [5, 5.41) is 7.34. The van der Waals surface area contributed by atoms with E-state index in [2.05, 4.69) is 36.4 Å². The van der Waals surface area contributed by atoms with E-state index in [1.807, 2.05) is 12.1 Å². The molecular formula is C12H13BrN4O. The van der Waals surface area contributed by atoms with Crippen molar-refractivity contribution in [3.63, 3.8) is 0 Å². The number of halogens is 1. The lowest BCUT2D eigenvalue weighted by atomic mass is 10.00. The van der Waals surface area contributed by atoms with Crippen LogP contribution in [-0.2, 0) is 0 Å². The molecule has 1 aliphatic heterocycles. The number of pyridine rings is 1. The second kappa shape index (κ2) is 5.16. The van der Waals surface area contributed by atoms with Crippen LogP contribution in [-0.4, -0.2) is 28.2 Å². The topological polar surface area (TPSA) is 63.8 Å². The molecule has 1 saturated heterocycles. The van der Waals surface area contributed by atoms with E-state index in [0.717, 1.165) is 36.1 Å². The SMILES string of the molecule is Brc1ccc(-c2noc([C@H]3CCCNC3)n2)nc1. The molecule has 1 atom stereocenters. The maximum Gasteiger partial charge on any atom is 0.231 e. The molecule has 3 heterocycles. The molecule has 0 bridgehead atoms. The lowest BCUT2D eigenvalue weighted by molar-refractivity contribution is 0.322. The molecule has 0 aromatic carbocycles. The fourth-order valence-electron chi connectivity index (χ4n) is 2.08. The molecule has 18 heavy (non-hydrogen) atoms. The number of rotatable bonds is 2. The minimum atomic E-state index is 0.329. The third kappa shape index (κ3) is 2.44. The summed E-state index contributed by atoms with van der Waals surface area (Å²) in [6.45, 7) is 1.99. The highest BCUT2D eigenvalue weighted by Gasteiger charge is 2.21. The second-order valence-corrected chi connectivity index (χ2v) is 5.28. The molecule has 0 aliphatic carbocycles. The van der Waals surface area contributed by atoms with Crippen molar-refractivity contribution in [3.8, 4) is 11.5 Å². The smallest absolute Gasteiger partial charge is 0.231 e. The zero-order valence-corrected chi connectivity index (χ0v) is 11.4. The Morgan fingerprint density at radius 1 is 1.39 bits per heavy atom. The van der Waals surface area contributed by atoms with Crippen molar-refractivity contribution in [1.29, 1.82) is 0 Å². The fraction of sp³-hybridized carbons (Fsp3) is 0.417. The Hall–Kier alpha value is -1.27. The van der Waals surface area contributed by atoms with Gasteiger partial charge in [0.2, 0.25) is 11.7 Å². The highest BCUT2D eigenvalue weighted by Crippen LogP contribution is 2.24. The van der Waals surface area contributed by atoms with E-state index in [1.165, 1.54) is 0 Å². The van der Waals surface area contributed by atoms with Crippen molar-refractivity contribution < 1.29 is 4.52 Å². The summed E-state index contributed by atoms with van der Waals surface area (Å²) < 4.78 is 6.27. The fourth-order valence-corrected chi connectivity index (χ4v) is 2.31. The Balaban J connectivity index is 1.82. The molecule has 94 valence electrons. The zero-order chi connectivity index (χ0) is 12.4. The Morgan fingerprint density at radius 2 is 2.33 bits per heavy atom. The first-order valence-corrected chi connectivity index (χ1v) is 6.78. The van der Waals surface area contributed by atoms with E-state index in [9.17, 15) is 0 Å². The Morgan fingerprint density at radius 3 is 3.06 bits per heavy atom. The average molecular weight is 309 g/mol. The molecule has 0 radical (unpaired) electrons. The molecule has 1 aliphatic rings. The lowest BCUT2D eigenvalue weighted by Gasteiger charge is -2.18. The highest BCUT2D eigenvalue weighted by molar-refractivity contribution is 9.10. The first kappa shape index (κ1) is 11.8. The van der Waals surface area contributed by atoms with Crippen LogP contribution in [0.4, 0.5) is 0 Å². The number of nitrogens with zero attached hydrogens (tertiary/aromatic N) is 3. The zero-order valence-electron chi connectivity index (χ0n) is 9.77. The number of hydrogen-bond acceptors (Lipinski definition) is 5. The van der Waals surface area contributed by atoms with Gasteiger partial charge in [0.25, 0.3) is 0 Å². The largest absolute Gasteiger partial charge is 0.339 e. The minimum absolute atomic E-state index is 0.329. The number of hydrogen-bond donors (Lipinski definition) is 1. The molecule has 5 nitrogen and oxygen atoms in total. The van der Waals surface area contributed by atoms with Crippen LogP contribution >= 0.6 is 15.9 Å². The quantitative estimate of drug-likeness (QED) is 0.922. The maximum atomic E-state index is 5.34. The normalized spacial score (nSPS) is 19.9. The standard InChI is InChI=1S/C12H13BrN4O/c13-9-3-4-10(15-7-9)11-16-12(18-17-11)8-2-1-5-14-6-8/h3-4,7-8,14H,1-2,5-6H2/t8-/m0/s1. The van der Waals surface area contributed by atoms with E-state index in [1.54, 1.807) is 6.20 Å². The summed E-state index contributed by atoms with van der Waals surface area (Å²) >= 11 is 3.35. The van der Waals surface area contributed by atoms with Crippen LogP contribution in [0.2, 0.25) is 0 Å². The van der Waals surface area contributed by atoms with Crippen LogP contribution in [0.5, 0.6) is 0 Å². The molecule has 0 spiro atoms. The Bertz CT molecular complexity index is 519. The molecule has 1 fully saturated rings. The van der Waals surface area contributed by atoms with E-state index >= 15 is 0 Å². The van der Waals surface area contributed by atoms with Gasteiger partial charge in [0.05, 0.1) is 5.92 Å². The summed E-state index contributed by atoms with van der Waals surface area (Å²) in [4.78, 5) is 8.70. The van der Waals surface area contributed by atoms with E-state index in [-0.39, 0.29) is 0 Å². The molecule has 0 saturated carbocycles. The van der Waals surface area contributed by atoms with Crippen molar-refractivity contribution in [2.24, 2.45) is 0 Å². The molecule has 3 rings (SSSR count). The van der Waals surface area contributed by atoms with Crippen LogP contribution in [0.3, 0.4) is 0 Å². The van der Waals surface area contributed by atoms with Gasteiger partial charge in [-0.1, -0.05) is 5.16 Å². The third-order valence-corrected chi connectivity index (χ3v) is 3.51. The van der Waals surface area contributed by atoms with E-state index in [0.29, 0.717) is 17.6 Å². The minimum Gasteiger partial charge on any atom is -0.339 e. The Labute approximate surface area is 113 Å². The summed E-state index contributed by atoms with van der Waals surface area (Å²) in [7, 11) is 0.